The van der Waals surface area contributed by atoms with Crippen molar-refractivity contribution in [3.63, 3.8) is 0 Å². The van der Waals surface area contributed by atoms with Gasteiger partial charge in [-0.15, -0.1) is 0 Å². The maximum atomic E-state index is 5.98. The van der Waals surface area contributed by atoms with Crippen LogP contribution in [0.15, 0.2) is 24.3 Å². The molecule has 1 aromatic rings. The van der Waals surface area contributed by atoms with Crippen molar-refractivity contribution >= 4 is 0 Å². The molecule has 1 unspecified atom stereocenters. The number of nitrogens with one attached hydrogen (secondary N) is 1. The Morgan fingerprint density at radius 1 is 1.38 bits per heavy atom. The van der Waals surface area contributed by atoms with Gasteiger partial charge in [-0.05, 0) is 26.0 Å². The van der Waals surface area contributed by atoms with E-state index in [0.29, 0.717) is 6.10 Å². The summed E-state index contributed by atoms with van der Waals surface area (Å²) in [7, 11) is 0. The number of hydrogen-bond donors (Lipinski definition) is 1. The standard InChI is InChI=1S/C17H28N2O2/c1-3-8-18-13-16-6-4-5-7-17(16)21-12-10-19-9-11-20-15(2)14-19/h4-7,15,18H,3,8-14H2,1-2H3. The molecule has 0 radical (unpaired) electrons. The van der Waals surface area contributed by atoms with E-state index in [1.54, 1.807) is 0 Å². The molecule has 4 heteroatoms. The van der Waals surface area contributed by atoms with E-state index in [1.165, 1.54) is 5.56 Å². The van der Waals surface area contributed by atoms with Gasteiger partial charge in [-0.3, -0.25) is 4.90 Å². The summed E-state index contributed by atoms with van der Waals surface area (Å²) in [6.45, 7) is 10.8. The number of hydrogen-bond acceptors (Lipinski definition) is 4. The van der Waals surface area contributed by atoms with E-state index < -0.39 is 0 Å². The molecule has 1 aliphatic heterocycles. The van der Waals surface area contributed by atoms with Gasteiger partial charge >= 0.3 is 0 Å². The Bertz CT molecular complexity index is 412. The number of morpholine rings is 1. The van der Waals surface area contributed by atoms with E-state index in [4.69, 9.17) is 9.47 Å². The van der Waals surface area contributed by atoms with Crippen molar-refractivity contribution in [2.75, 3.05) is 39.4 Å². The number of rotatable bonds is 8. The molecule has 1 aromatic carbocycles. The molecular formula is C17H28N2O2. The molecule has 0 bridgehead atoms. The summed E-state index contributed by atoms with van der Waals surface area (Å²) in [6, 6.07) is 8.30. The topological polar surface area (TPSA) is 33.7 Å². The second-order valence-electron chi connectivity index (χ2n) is 5.61. The average molecular weight is 292 g/mol. The highest BCUT2D eigenvalue weighted by Gasteiger charge is 2.16. The maximum absolute atomic E-state index is 5.98. The molecule has 4 nitrogen and oxygen atoms in total. The fourth-order valence-electron chi connectivity index (χ4n) is 2.57. The highest BCUT2D eigenvalue weighted by Crippen LogP contribution is 2.17. The van der Waals surface area contributed by atoms with Crippen molar-refractivity contribution in [1.29, 1.82) is 0 Å². The van der Waals surface area contributed by atoms with Crippen molar-refractivity contribution in [1.82, 2.24) is 10.2 Å². The fraction of sp³-hybridized carbons (Fsp3) is 0.647. The van der Waals surface area contributed by atoms with E-state index >= 15 is 0 Å². The van der Waals surface area contributed by atoms with Gasteiger partial charge in [-0.25, -0.2) is 0 Å². The first-order valence-electron chi connectivity index (χ1n) is 8.05. The predicted molar refractivity (Wildman–Crippen MR) is 85.8 cm³/mol. The highest BCUT2D eigenvalue weighted by molar-refractivity contribution is 5.33. The van der Waals surface area contributed by atoms with Crippen LogP contribution in [0, 0.1) is 0 Å². The Morgan fingerprint density at radius 2 is 2.24 bits per heavy atom. The molecule has 1 fully saturated rings. The van der Waals surface area contributed by atoms with Crippen LogP contribution in [0.25, 0.3) is 0 Å². The SMILES string of the molecule is CCCNCc1ccccc1OCCN1CCOC(C)C1. The molecule has 0 spiro atoms. The molecule has 1 N–H and O–H groups in total. The monoisotopic (exact) mass is 292 g/mol. The fourth-order valence-corrected chi connectivity index (χ4v) is 2.57. The van der Waals surface area contributed by atoms with Crippen LogP contribution in [-0.2, 0) is 11.3 Å². The summed E-state index contributed by atoms with van der Waals surface area (Å²) >= 11 is 0. The molecule has 0 aliphatic carbocycles. The van der Waals surface area contributed by atoms with Gasteiger partial charge in [0, 0.05) is 31.7 Å². The lowest BCUT2D eigenvalue weighted by molar-refractivity contribution is -0.0214. The Morgan fingerprint density at radius 3 is 3.05 bits per heavy atom. The van der Waals surface area contributed by atoms with E-state index in [0.717, 1.165) is 58.1 Å². The second kappa shape index (κ2) is 9.03. The van der Waals surface area contributed by atoms with Gasteiger partial charge in [0.25, 0.3) is 0 Å². The van der Waals surface area contributed by atoms with Crippen LogP contribution in [0.2, 0.25) is 0 Å². The smallest absolute Gasteiger partial charge is 0.123 e. The van der Waals surface area contributed by atoms with Gasteiger partial charge in [-0.2, -0.15) is 0 Å². The van der Waals surface area contributed by atoms with Gasteiger partial charge in [0.05, 0.1) is 12.7 Å². The molecule has 1 saturated heterocycles. The molecule has 1 atom stereocenters. The third-order valence-corrected chi connectivity index (χ3v) is 3.71. The summed E-state index contributed by atoms with van der Waals surface area (Å²) in [6.07, 6.45) is 1.49. The lowest BCUT2D eigenvalue weighted by Crippen LogP contribution is -2.42. The zero-order chi connectivity index (χ0) is 14.9. The Balaban J connectivity index is 1.76. The number of nitrogens with zero attached hydrogens (tertiary/aromatic N) is 1. The lowest BCUT2D eigenvalue weighted by atomic mass is 10.2. The minimum absolute atomic E-state index is 0.337. The van der Waals surface area contributed by atoms with Crippen LogP contribution < -0.4 is 10.1 Å². The zero-order valence-corrected chi connectivity index (χ0v) is 13.3. The summed E-state index contributed by atoms with van der Waals surface area (Å²) in [5.41, 5.74) is 1.24. The first-order valence-corrected chi connectivity index (χ1v) is 8.05. The van der Waals surface area contributed by atoms with Crippen molar-refractivity contribution in [3.8, 4) is 5.75 Å². The lowest BCUT2D eigenvalue weighted by Gasteiger charge is -2.30. The van der Waals surface area contributed by atoms with Gasteiger partial charge in [-0.1, -0.05) is 25.1 Å². The molecular weight excluding hydrogens is 264 g/mol. The Hall–Kier alpha value is -1.10. The van der Waals surface area contributed by atoms with Crippen molar-refractivity contribution in [2.45, 2.75) is 32.9 Å². The van der Waals surface area contributed by atoms with Crippen LogP contribution in [0.1, 0.15) is 25.8 Å². The number of ether oxygens (including phenoxy) is 2. The van der Waals surface area contributed by atoms with Gasteiger partial charge in [0.15, 0.2) is 0 Å². The van der Waals surface area contributed by atoms with Gasteiger partial charge in [0.1, 0.15) is 12.4 Å². The normalized spacial score (nSPS) is 19.6. The van der Waals surface area contributed by atoms with Crippen LogP contribution in [0.4, 0.5) is 0 Å². The summed E-state index contributed by atoms with van der Waals surface area (Å²) < 4.78 is 11.5. The molecule has 0 saturated carbocycles. The molecule has 0 aromatic heterocycles. The van der Waals surface area contributed by atoms with Crippen LogP contribution in [-0.4, -0.2) is 50.4 Å². The largest absolute Gasteiger partial charge is 0.492 e. The third-order valence-electron chi connectivity index (χ3n) is 3.71. The number of benzene rings is 1. The van der Waals surface area contributed by atoms with E-state index in [9.17, 15) is 0 Å². The van der Waals surface area contributed by atoms with Crippen LogP contribution in [0.3, 0.4) is 0 Å². The Kier molecular flexibility index (Phi) is 7.00. The molecule has 1 heterocycles. The first-order chi connectivity index (χ1) is 10.3. The third kappa shape index (κ3) is 5.65. The maximum Gasteiger partial charge on any atom is 0.123 e. The summed E-state index contributed by atoms with van der Waals surface area (Å²) in [4.78, 5) is 2.41. The molecule has 1 aliphatic rings. The van der Waals surface area contributed by atoms with E-state index in [-0.39, 0.29) is 0 Å². The molecule has 2 rings (SSSR count). The van der Waals surface area contributed by atoms with Gasteiger partial charge in [0.2, 0.25) is 0 Å². The van der Waals surface area contributed by atoms with Gasteiger partial charge < -0.3 is 14.8 Å². The minimum Gasteiger partial charge on any atom is -0.492 e. The van der Waals surface area contributed by atoms with E-state index in [1.807, 2.05) is 6.07 Å². The first kappa shape index (κ1) is 16.3. The highest BCUT2D eigenvalue weighted by atomic mass is 16.5. The zero-order valence-electron chi connectivity index (χ0n) is 13.3. The van der Waals surface area contributed by atoms with Crippen LogP contribution in [0.5, 0.6) is 5.75 Å². The van der Waals surface area contributed by atoms with Crippen molar-refractivity contribution in [2.24, 2.45) is 0 Å². The summed E-state index contributed by atoms with van der Waals surface area (Å²) in [5.74, 6) is 1.00. The van der Waals surface area contributed by atoms with Crippen molar-refractivity contribution < 1.29 is 9.47 Å². The Labute approximate surface area is 128 Å². The predicted octanol–water partition coefficient (Wildman–Crippen LogP) is 2.29. The molecule has 21 heavy (non-hydrogen) atoms. The molecule has 0 amide bonds. The van der Waals surface area contributed by atoms with Crippen LogP contribution >= 0.6 is 0 Å². The average Bonchev–Trinajstić information content (AvgIpc) is 2.49. The second-order valence-corrected chi connectivity index (χ2v) is 5.61. The quantitative estimate of drug-likeness (QED) is 0.745. The minimum atomic E-state index is 0.337. The van der Waals surface area contributed by atoms with Crippen molar-refractivity contribution in [3.05, 3.63) is 29.8 Å². The number of para-hydroxylation sites is 1. The molecule has 118 valence electrons. The summed E-state index contributed by atoms with van der Waals surface area (Å²) in [5, 5.41) is 3.43. The van der Waals surface area contributed by atoms with E-state index in [2.05, 4.69) is 42.3 Å².